The molecule has 120 valence electrons. The number of carbonyl (C=O) groups excluding carboxylic acids is 1. The van der Waals surface area contributed by atoms with Crippen molar-refractivity contribution in [2.24, 2.45) is 0 Å². The zero-order valence-electron chi connectivity index (χ0n) is 13.6. The molecule has 1 aromatic heterocycles. The van der Waals surface area contributed by atoms with Gasteiger partial charge in [-0.1, -0.05) is 30.3 Å². The molecule has 0 bridgehead atoms. The van der Waals surface area contributed by atoms with Crippen molar-refractivity contribution >= 4 is 28.2 Å². The van der Waals surface area contributed by atoms with Gasteiger partial charge in [0.25, 0.3) is 5.91 Å². The van der Waals surface area contributed by atoms with Gasteiger partial charge in [-0.2, -0.15) is 0 Å². The SMILES string of the molecule is CCN1CCc2ccc(NC(=O)c3ccc4ccccc4n3)cc21. The zero-order chi connectivity index (χ0) is 16.5. The number of amides is 1. The van der Waals surface area contributed by atoms with E-state index in [1.54, 1.807) is 6.07 Å². The van der Waals surface area contributed by atoms with E-state index in [0.29, 0.717) is 5.69 Å². The Morgan fingerprint density at radius 3 is 2.92 bits per heavy atom. The summed E-state index contributed by atoms with van der Waals surface area (Å²) in [5.41, 5.74) is 4.65. The summed E-state index contributed by atoms with van der Waals surface area (Å²) in [4.78, 5) is 19.3. The topological polar surface area (TPSA) is 45.2 Å². The number of rotatable bonds is 3. The van der Waals surface area contributed by atoms with Gasteiger partial charge >= 0.3 is 0 Å². The van der Waals surface area contributed by atoms with Crippen molar-refractivity contribution in [2.45, 2.75) is 13.3 Å². The first kappa shape index (κ1) is 14.7. The summed E-state index contributed by atoms with van der Waals surface area (Å²) in [7, 11) is 0. The van der Waals surface area contributed by atoms with Crippen LogP contribution in [0.15, 0.2) is 54.6 Å². The molecule has 2 heterocycles. The number of nitrogens with one attached hydrogen (secondary N) is 1. The van der Waals surface area contributed by atoms with Gasteiger partial charge in [0.15, 0.2) is 0 Å². The number of nitrogens with zero attached hydrogens (tertiary/aromatic N) is 2. The summed E-state index contributed by atoms with van der Waals surface area (Å²) in [5.74, 6) is -0.179. The van der Waals surface area contributed by atoms with Crippen molar-refractivity contribution < 1.29 is 4.79 Å². The van der Waals surface area contributed by atoms with Gasteiger partial charge in [0.1, 0.15) is 5.69 Å². The van der Waals surface area contributed by atoms with Crippen LogP contribution >= 0.6 is 0 Å². The molecule has 1 aliphatic rings. The fourth-order valence-corrected chi connectivity index (χ4v) is 3.24. The minimum absolute atomic E-state index is 0.179. The Balaban J connectivity index is 1.59. The summed E-state index contributed by atoms with van der Waals surface area (Å²) in [5, 5.41) is 4.00. The summed E-state index contributed by atoms with van der Waals surface area (Å²) >= 11 is 0. The van der Waals surface area contributed by atoms with E-state index >= 15 is 0 Å². The lowest BCUT2D eigenvalue weighted by atomic mass is 10.1. The first-order valence-corrected chi connectivity index (χ1v) is 8.29. The highest BCUT2D eigenvalue weighted by Gasteiger charge is 2.18. The van der Waals surface area contributed by atoms with Crippen LogP contribution in [0.2, 0.25) is 0 Å². The van der Waals surface area contributed by atoms with Crippen molar-refractivity contribution in [3.63, 3.8) is 0 Å². The maximum absolute atomic E-state index is 12.5. The predicted molar refractivity (Wildman–Crippen MR) is 97.7 cm³/mol. The molecule has 24 heavy (non-hydrogen) atoms. The van der Waals surface area contributed by atoms with Crippen LogP contribution in [0.3, 0.4) is 0 Å². The van der Waals surface area contributed by atoms with E-state index in [1.165, 1.54) is 11.3 Å². The van der Waals surface area contributed by atoms with Gasteiger partial charge in [0, 0.05) is 29.9 Å². The molecule has 0 fully saturated rings. The lowest BCUT2D eigenvalue weighted by Crippen LogP contribution is -2.19. The molecule has 4 rings (SSSR count). The number of para-hydroxylation sites is 1. The highest BCUT2D eigenvalue weighted by atomic mass is 16.1. The highest BCUT2D eigenvalue weighted by molar-refractivity contribution is 6.04. The number of pyridine rings is 1. The van der Waals surface area contributed by atoms with Crippen LogP contribution in [0.25, 0.3) is 10.9 Å². The molecule has 2 aromatic carbocycles. The number of carbonyl (C=O) groups is 1. The monoisotopic (exact) mass is 317 g/mol. The minimum atomic E-state index is -0.179. The molecule has 0 unspecified atom stereocenters. The molecule has 0 aliphatic carbocycles. The Morgan fingerprint density at radius 2 is 2.04 bits per heavy atom. The van der Waals surface area contributed by atoms with E-state index in [1.807, 2.05) is 36.4 Å². The molecule has 1 aliphatic heterocycles. The molecule has 0 saturated carbocycles. The molecule has 4 heteroatoms. The van der Waals surface area contributed by atoms with Crippen molar-refractivity contribution in [2.75, 3.05) is 23.3 Å². The average molecular weight is 317 g/mol. The number of benzene rings is 2. The van der Waals surface area contributed by atoms with Gasteiger partial charge < -0.3 is 10.2 Å². The average Bonchev–Trinajstić information content (AvgIpc) is 3.03. The number of likely N-dealkylation sites (N-methyl/N-ethyl adjacent to an activating group) is 1. The summed E-state index contributed by atoms with van der Waals surface area (Å²) in [6.45, 7) is 4.19. The number of fused-ring (bicyclic) bond motifs is 2. The summed E-state index contributed by atoms with van der Waals surface area (Å²) in [6, 6.07) is 17.6. The fraction of sp³-hybridized carbons (Fsp3) is 0.200. The second-order valence-corrected chi connectivity index (χ2v) is 6.02. The third-order valence-electron chi connectivity index (χ3n) is 4.55. The zero-order valence-corrected chi connectivity index (χ0v) is 13.6. The van der Waals surface area contributed by atoms with Crippen molar-refractivity contribution in [1.29, 1.82) is 0 Å². The van der Waals surface area contributed by atoms with Gasteiger partial charge in [0.05, 0.1) is 5.52 Å². The van der Waals surface area contributed by atoms with Crippen molar-refractivity contribution in [3.05, 3.63) is 65.9 Å². The van der Waals surface area contributed by atoms with Gasteiger partial charge in [0.2, 0.25) is 0 Å². The first-order valence-electron chi connectivity index (χ1n) is 8.29. The second-order valence-electron chi connectivity index (χ2n) is 6.02. The van der Waals surface area contributed by atoms with E-state index in [9.17, 15) is 4.79 Å². The molecule has 1 amide bonds. The molecule has 0 atom stereocenters. The Kier molecular flexibility index (Phi) is 3.65. The largest absolute Gasteiger partial charge is 0.371 e. The van der Waals surface area contributed by atoms with Gasteiger partial charge in [-0.25, -0.2) is 4.98 Å². The van der Waals surface area contributed by atoms with Crippen LogP contribution in [0.1, 0.15) is 23.0 Å². The van der Waals surface area contributed by atoms with E-state index in [-0.39, 0.29) is 5.91 Å². The number of anilines is 2. The molecule has 1 N–H and O–H groups in total. The molecule has 0 saturated heterocycles. The maximum atomic E-state index is 12.5. The van der Waals surface area contributed by atoms with Gasteiger partial charge in [-0.15, -0.1) is 0 Å². The lowest BCUT2D eigenvalue weighted by molar-refractivity contribution is 0.102. The minimum Gasteiger partial charge on any atom is -0.371 e. The first-order chi connectivity index (χ1) is 11.7. The third-order valence-corrected chi connectivity index (χ3v) is 4.55. The van der Waals surface area contributed by atoms with Crippen LogP contribution in [-0.2, 0) is 6.42 Å². The Labute approximate surface area is 141 Å². The second kappa shape index (κ2) is 5.96. The Bertz CT molecular complexity index is 920. The van der Waals surface area contributed by atoms with Crippen LogP contribution < -0.4 is 10.2 Å². The highest BCUT2D eigenvalue weighted by Crippen LogP contribution is 2.30. The van der Waals surface area contributed by atoms with Gasteiger partial charge in [-0.05, 0) is 43.2 Å². The predicted octanol–water partition coefficient (Wildman–Crippen LogP) is 3.87. The molecular formula is C20H19N3O. The van der Waals surface area contributed by atoms with E-state index in [4.69, 9.17) is 0 Å². The fourth-order valence-electron chi connectivity index (χ4n) is 3.24. The standard InChI is InChI=1S/C20H19N3O/c1-2-23-12-11-15-7-9-16(13-19(15)23)21-20(24)18-10-8-14-5-3-4-6-17(14)22-18/h3-10,13H,2,11-12H2,1H3,(H,21,24). The lowest BCUT2D eigenvalue weighted by Gasteiger charge is -2.17. The molecular weight excluding hydrogens is 298 g/mol. The van der Waals surface area contributed by atoms with Crippen LogP contribution in [0.5, 0.6) is 0 Å². The third kappa shape index (κ3) is 2.60. The maximum Gasteiger partial charge on any atom is 0.274 e. The van der Waals surface area contributed by atoms with Gasteiger partial charge in [-0.3, -0.25) is 4.79 Å². The normalized spacial score (nSPS) is 13.1. The summed E-state index contributed by atoms with van der Waals surface area (Å²) in [6.07, 6.45) is 1.07. The molecule has 0 spiro atoms. The summed E-state index contributed by atoms with van der Waals surface area (Å²) < 4.78 is 0. The smallest absolute Gasteiger partial charge is 0.274 e. The number of hydrogen-bond donors (Lipinski definition) is 1. The van der Waals surface area contributed by atoms with E-state index in [2.05, 4.69) is 34.3 Å². The van der Waals surface area contributed by atoms with Crippen molar-refractivity contribution in [1.82, 2.24) is 4.98 Å². The van der Waals surface area contributed by atoms with Crippen LogP contribution in [0.4, 0.5) is 11.4 Å². The molecule has 0 radical (unpaired) electrons. The van der Waals surface area contributed by atoms with Crippen LogP contribution in [0, 0.1) is 0 Å². The van der Waals surface area contributed by atoms with E-state index in [0.717, 1.165) is 36.1 Å². The Hall–Kier alpha value is -2.88. The van der Waals surface area contributed by atoms with Crippen molar-refractivity contribution in [3.8, 4) is 0 Å². The molecule has 4 nitrogen and oxygen atoms in total. The van der Waals surface area contributed by atoms with Crippen LogP contribution in [-0.4, -0.2) is 24.0 Å². The Morgan fingerprint density at radius 1 is 1.17 bits per heavy atom. The van der Waals surface area contributed by atoms with E-state index < -0.39 is 0 Å². The number of aromatic nitrogens is 1. The molecule has 3 aromatic rings. The number of hydrogen-bond acceptors (Lipinski definition) is 3. The quantitative estimate of drug-likeness (QED) is 0.797.